The first-order valence-electron chi connectivity index (χ1n) is 5.46. The van der Waals surface area contributed by atoms with Crippen molar-refractivity contribution in [2.45, 2.75) is 23.7 Å². The van der Waals surface area contributed by atoms with Crippen LogP contribution in [0.1, 0.15) is 25.0 Å². The molecule has 0 aliphatic heterocycles. The molecule has 102 valence electrons. The second-order valence-corrected chi connectivity index (χ2v) is 7.26. The fraction of sp³-hybridized carbons (Fsp3) is 0.500. The minimum Gasteiger partial charge on any atom is -0.497 e. The molecule has 0 unspecified atom stereocenters. The van der Waals surface area contributed by atoms with Gasteiger partial charge in [-0.2, -0.15) is 0 Å². The van der Waals surface area contributed by atoms with Gasteiger partial charge in [-0.1, -0.05) is 30.7 Å². The lowest BCUT2D eigenvalue weighted by Crippen LogP contribution is -2.37. The lowest BCUT2D eigenvalue weighted by Gasteiger charge is -2.29. The molecule has 18 heavy (non-hydrogen) atoms. The molecule has 0 amide bonds. The predicted molar refractivity (Wildman–Crippen MR) is 71.7 cm³/mol. The molecule has 1 rings (SSSR count). The average Bonchev–Trinajstić information content (AvgIpc) is 2.35. The van der Waals surface area contributed by atoms with Gasteiger partial charge in [-0.15, -0.1) is 0 Å². The van der Waals surface area contributed by atoms with Gasteiger partial charge >= 0.3 is 0 Å². The number of ether oxygens (including phenoxy) is 1. The van der Waals surface area contributed by atoms with Crippen molar-refractivity contribution in [3.05, 3.63) is 29.8 Å². The van der Waals surface area contributed by atoms with Gasteiger partial charge in [0.05, 0.1) is 7.11 Å². The Balaban J connectivity index is 3.15. The lowest BCUT2D eigenvalue weighted by atomic mass is 10.0. The van der Waals surface area contributed by atoms with Crippen molar-refractivity contribution in [1.82, 2.24) is 0 Å². The summed E-state index contributed by atoms with van der Waals surface area (Å²) in [6.07, 6.45) is -0.151. The molecule has 0 fully saturated rings. The first kappa shape index (κ1) is 15.3. The van der Waals surface area contributed by atoms with E-state index in [0.29, 0.717) is 11.3 Å². The Morgan fingerprint density at radius 3 is 2.22 bits per heavy atom. The minimum absolute atomic E-state index is 0.112. The van der Waals surface area contributed by atoms with Gasteiger partial charge in [0.1, 0.15) is 11.9 Å². The number of hydrogen-bond donors (Lipinski definition) is 1. The highest BCUT2D eigenvalue weighted by Gasteiger charge is 2.44. The van der Waals surface area contributed by atoms with Crippen LogP contribution >= 0.6 is 11.6 Å². The number of benzene rings is 1. The fourth-order valence-corrected chi connectivity index (χ4v) is 2.89. The first-order chi connectivity index (χ1) is 8.26. The summed E-state index contributed by atoms with van der Waals surface area (Å²) < 4.78 is 26.7. The molecule has 0 aromatic heterocycles. The number of sulfone groups is 1. The molecule has 4 nitrogen and oxygen atoms in total. The zero-order valence-electron chi connectivity index (χ0n) is 10.6. The number of alkyl halides is 1. The van der Waals surface area contributed by atoms with Crippen LogP contribution in [0.15, 0.2) is 24.3 Å². The minimum atomic E-state index is -3.59. The Kier molecular flexibility index (Phi) is 4.64. The number of halogens is 1. The highest BCUT2D eigenvalue weighted by atomic mass is 35.5. The van der Waals surface area contributed by atoms with Crippen molar-refractivity contribution in [2.24, 2.45) is 0 Å². The van der Waals surface area contributed by atoms with Gasteiger partial charge in [0.15, 0.2) is 14.0 Å². The van der Waals surface area contributed by atoms with Crippen LogP contribution < -0.4 is 4.74 Å². The van der Waals surface area contributed by atoms with Crippen molar-refractivity contribution in [3.8, 4) is 5.75 Å². The average molecular weight is 293 g/mol. The maximum absolute atomic E-state index is 11.7. The van der Waals surface area contributed by atoms with E-state index in [1.54, 1.807) is 31.2 Å². The number of aliphatic hydroxyl groups excluding tert-OH is 1. The topological polar surface area (TPSA) is 63.6 Å². The van der Waals surface area contributed by atoms with Crippen LogP contribution in [0.4, 0.5) is 0 Å². The quantitative estimate of drug-likeness (QED) is 0.844. The molecule has 0 saturated heterocycles. The summed E-state index contributed by atoms with van der Waals surface area (Å²) in [5, 5.41) is 10.2. The molecule has 0 heterocycles. The maximum atomic E-state index is 11.7. The molecule has 0 aliphatic carbocycles. The van der Waals surface area contributed by atoms with Gasteiger partial charge in [-0.25, -0.2) is 8.42 Å². The molecular formula is C12H17ClO4S. The third-order valence-corrected chi connectivity index (χ3v) is 6.00. The summed E-state index contributed by atoms with van der Waals surface area (Å²) in [5.74, 6) is 0.627. The first-order valence-corrected chi connectivity index (χ1v) is 7.73. The number of hydrogen-bond acceptors (Lipinski definition) is 4. The Morgan fingerprint density at radius 1 is 1.39 bits per heavy atom. The summed E-state index contributed by atoms with van der Waals surface area (Å²) in [4.78, 5) is 0. The lowest BCUT2D eigenvalue weighted by molar-refractivity contribution is 0.155. The van der Waals surface area contributed by atoms with E-state index in [2.05, 4.69) is 0 Å². The molecular weight excluding hydrogens is 276 g/mol. The zero-order valence-corrected chi connectivity index (χ0v) is 12.1. The summed E-state index contributed by atoms with van der Waals surface area (Å²) in [7, 11) is -2.07. The predicted octanol–water partition coefficient (Wildman–Crippen LogP) is 2.12. The van der Waals surface area contributed by atoms with Crippen LogP contribution in [0.25, 0.3) is 0 Å². The highest BCUT2D eigenvalue weighted by molar-refractivity contribution is 7.93. The van der Waals surface area contributed by atoms with Gasteiger partial charge in [0, 0.05) is 6.26 Å². The van der Waals surface area contributed by atoms with Crippen LogP contribution in [0, 0.1) is 0 Å². The Labute approximate surface area is 112 Å². The van der Waals surface area contributed by atoms with E-state index in [-0.39, 0.29) is 6.42 Å². The largest absolute Gasteiger partial charge is 0.497 e. The van der Waals surface area contributed by atoms with Crippen LogP contribution in [0.2, 0.25) is 0 Å². The summed E-state index contributed by atoms with van der Waals surface area (Å²) in [6.45, 7) is 1.63. The van der Waals surface area contributed by atoms with E-state index in [9.17, 15) is 13.5 Å². The molecule has 0 aliphatic rings. The van der Waals surface area contributed by atoms with Gasteiger partial charge in [-0.05, 0) is 24.1 Å². The van der Waals surface area contributed by atoms with Gasteiger partial charge in [0.25, 0.3) is 0 Å². The molecule has 1 aromatic rings. The van der Waals surface area contributed by atoms with Gasteiger partial charge in [0.2, 0.25) is 0 Å². The number of methoxy groups -OCH3 is 1. The van der Waals surface area contributed by atoms with Crippen molar-refractivity contribution in [3.63, 3.8) is 0 Å². The SMILES string of the molecule is CC[C@](Cl)([C@H](O)c1ccc(OC)cc1)S(C)(=O)=O. The van der Waals surface area contributed by atoms with Crippen LogP contribution in [-0.4, -0.2) is 31.1 Å². The Hall–Kier alpha value is -0.780. The van der Waals surface area contributed by atoms with Gasteiger partial charge in [-0.3, -0.25) is 0 Å². The number of aliphatic hydroxyl groups is 1. The number of rotatable bonds is 5. The van der Waals surface area contributed by atoms with Gasteiger partial charge < -0.3 is 9.84 Å². The van der Waals surface area contributed by atoms with E-state index >= 15 is 0 Å². The smallest absolute Gasteiger partial charge is 0.174 e. The summed E-state index contributed by atoms with van der Waals surface area (Å²) in [5.41, 5.74) is 0.443. The molecule has 2 atom stereocenters. The van der Waals surface area contributed by atoms with E-state index < -0.39 is 20.1 Å². The van der Waals surface area contributed by atoms with Crippen molar-refractivity contribution < 1.29 is 18.3 Å². The molecule has 0 spiro atoms. The molecule has 0 saturated carbocycles. The Morgan fingerprint density at radius 2 is 1.89 bits per heavy atom. The maximum Gasteiger partial charge on any atom is 0.174 e. The molecule has 0 radical (unpaired) electrons. The molecule has 6 heteroatoms. The highest BCUT2D eigenvalue weighted by Crippen LogP contribution is 2.39. The standard InChI is InChI=1S/C12H17ClO4S/c1-4-12(13,18(3,15)16)11(14)9-5-7-10(17-2)8-6-9/h5-8,11,14H,4H2,1-3H3/t11-,12-/m1/s1. The fourth-order valence-electron chi connectivity index (χ4n) is 1.69. The second kappa shape index (κ2) is 5.47. The van der Waals surface area contributed by atoms with Crippen molar-refractivity contribution >= 4 is 21.4 Å². The zero-order chi connectivity index (χ0) is 14.0. The van der Waals surface area contributed by atoms with Crippen molar-refractivity contribution in [1.29, 1.82) is 0 Å². The van der Waals surface area contributed by atoms with Crippen LogP contribution in [-0.2, 0) is 9.84 Å². The summed E-state index contributed by atoms with van der Waals surface area (Å²) >= 11 is 6.09. The molecule has 1 aromatic carbocycles. The Bertz CT molecular complexity index is 497. The van der Waals surface area contributed by atoms with Crippen LogP contribution in [0.5, 0.6) is 5.75 Å². The normalized spacial score (nSPS) is 16.9. The van der Waals surface area contributed by atoms with E-state index in [1.165, 1.54) is 7.11 Å². The van der Waals surface area contributed by atoms with E-state index in [0.717, 1.165) is 6.26 Å². The third-order valence-electron chi connectivity index (χ3n) is 2.94. The molecule has 1 N–H and O–H groups in total. The van der Waals surface area contributed by atoms with E-state index in [4.69, 9.17) is 16.3 Å². The molecule has 0 bridgehead atoms. The third kappa shape index (κ3) is 2.79. The van der Waals surface area contributed by atoms with E-state index in [1.807, 2.05) is 0 Å². The second-order valence-electron chi connectivity index (χ2n) is 4.09. The van der Waals surface area contributed by atoms with Crippen LogP contribution in [0.3, 0.4) is 0 Å². The summed E-state index contributed by atoms with van der Waals surface area (Å²) in [6, 6.07) is 6.49. The monoisotopic (exact) mass is 292 g/mol. The van der Waals surface area contributed by atoms with Crippen molar-refractivity contribution in [2.75, 3.05) is 13.4 Å².